The summed E-state index contributed by atoms with van der Waals surface area (Å²) < 4.78 is 18.5. The van der Waals surface area contributed by atoms with Crippen LogP contribution in [0.15, 0.2) is 22.8 Å². The summed E-state index contributed by atoms with van der Waals surface area (Å²) in [6.07, 6.45) is 2.83. The summed E-state index contributed by atoms with van der Waals surface area (Å²) in [5.41, 5.74) is 3.70. The van der Waals surface area contributed by atoms with E-state index in [1.165, 1.54) is 6.07 Å². The molecule has 3 rings (SSSR count). The summed E-state index contributed by atoms with van der Waals surface area (Å²) in [5.74, 6) is -0.299. The van der Waals surface area contributed by atoms with E-state index >= 15 is 0 Å². The van der Waals surface area contributed by atoms with Crippen LogP contribution in [0.3, 0.4) is 0 Å². The number of imidazole rings is 1. The van der Waals surface area contributed by atoms with Gasteiger partial charge in [0.05, 0.1) is 27.7 Å². The van der Waals surface area contributed by atoms with E-state index in [-0.39, 0.29) is 5.82 Å². The normalized spacial score (nSPS) is 11.4. The van der Waals surface area contributed by atoms with Gasteiger partial charge in [0.15, 0.2) is 4.77 Å². The lowest BCUT2D eigenvalue weighted by Gasteiger charge is -2.05. The van der Waals surface area contributed by atoms with Crippen molar-refractivity contribution in [1.29, 1.82) is 0 Å². The first kappa shape index (κ1) is 14.5. The van der Waals surface area contributed by atoms with Gasteiger partial charge < -0.3 is 9.55 Å². The summed E-state index contributed by atoms with van der Waals surface area (Å²) in [4.78, 5) is 3.11. The van der Waals surface area contributed by atoms with Gasteiger partial charge in [0.2, 0.25) is 0 Å². The number of aryl methyl sites for hydroxylation is 2. The van der Waals surface area contributed by atoms with Crippen molar-refractivity contribution in [3.63, 3.8) is 0 Å². The number of aromatic amines is 1. The minimum absolute atomic E-state index is 0.299. The number of aromatic nitrogens is 4. The van der Waals surface area contributed by atoms with Gasteiger partial charge in [0, 0.05) is 24.9 Å². The first-order chi connectivity index (χ1) is 9.99. The molecule has 0 aliphatic heterocycles. The smallest absolute Gasteiger partial charge is 0.178 e. The average molecular weight is 369 g/mol. The second-order valence-electron chi connectivity index (χ2n) is 4.93. The zero-order valence-corrected chi connectivity index (χ0v) is 14.1. The molecule has 1 aromatic carbocycles. The van der Waals surface area contributed by atoms with Crippen molar-refractivity contribution < 1.29 is 4.39 Å². The number of nitrogens with zero attached hydrogens (tertiary/aromatic N) is 3. The van der Waals surface area contributed by atoms with E-state index in [1.54, 1.807) is 10.7 Å². The van der Waals surface area contributed by atoms with Crippen LogP contribution in [0.2, 0.25) is 0 Å². The van der Waals surface area contributed by atoms with E-state index in [4.69, 9.17) is 12.2 Å². The van der Waals surface area contributed by atoms with Crippen LogP contribution in [-0.2, 0) is 20.0 Å². The van der Waals surface area contributed by atoms with E-state index in [0.717, 1.165) is 28.7 Å². The summed E-state index contributed by atoms with van der Waals surface area (Å²) in [6.45, 7) is 2.65. The lowest BCUT2D eigenvalue weighted by molar-refractivity contribution is 0.622. The molecule has 0 saturated heterocycles. The third-order valence-corrected chi connectivity index (χ3v) is 4.40. The standard InChI is InChI=1S/C14H14BrFN4S/c1-3-11-8(6-19(2)18-11)7-20-13-5-10(16)9(15)4-12(13)17-14(20)21/h4-6H,3,7H2,1-2H3,(H,17,21). The van der Waals surface area contributed by atoms with Crippen molar-refractivity contribution in [2.45, 2.75) is 19.9 Å². The molecule has 2 aromatic heterocycles. The van der Waals surface area contributed by atoms with Gasteiger partial charge in [-0.1, -0.05) is 6.92 Å². The van der Waals surface area contributed by atoms with Crippen molar-refractivity contribution in [2.75, 3.05) is 0 Å². The van der Waals surface area contributed by atoms with Crippen LogP contribution in [0, 0.1) is 10.6 Å². The molecule has 0 saturated carbocycles. The molecule has 110 valence electrons. The number of nitrogens with one attached hydrogen (secondary N) is 1. The van der Waals surface area contributed by atoms with Crippen molar-refractivity contribution >= 4 is 39.2 Å². The fourth-order valence-electron chi connectivity index (χ4n) is 2.49. The molecule has 0 bridgehead atoms. The van der Waals surface area contributed by atoms with E-state index < -0.39 is 0 Å². The van der Waals surface area contributed by atoms with E-state index in [0.29, 0.717) is 15.8 Å². The molecule has 0 aliphatic carbocycles. The Morgan fingerprint density at radius 1 is 1.43 bits per heavy atom. The summed E-state index contributed by atoms with van der Waals surface area (Å²) in [5, 5.41) is 4.43. The minimum atomic E-state index is -0.299. The number of halogens is 2. The first-order valence-corrected chi connectivity index (χ1v) is 7.78. The van der Waals surface area contributed by atoms with Crippen LogP contribution in [0.4, 0.5) is 4.39 Å². The highest BCUT2D eigenvalue weighted by molar-refractivity contribution is 9.10. The van der Waals surface area contributed by atoms with Crippen molar-refractivity contribution in [2.24, 2.45) is 7.05 Å². The Balaban J connectivity index is 2.14. The van der Waals surface area contributed by atoms with Crippen LogP contribution in [0.1, 0.15) is 18.2 Å². The van der Waals surface area contributed by atoms with Crippen LogP contribution in [-0.4, -0.2) is 19.3 Å². The molecule has 4 nitrogen and oxygen atoms in total. The van der Waals surface area contributed by atoms with Gasteiger partial charge in [-0.15, -0.1) is 0 Å². The molecule has 0 fully saturated rings. The van der Waals surface area contributed by atoms with Gasteiger partial charge in [-0.2, -0.15) is 5.10 Å². The number of hydrogen-bond acceptors (Lipinski definition) is 2. The summed E-state index contributed by atoms with van der Waals surface area (Å²) >= 11 is 8.56. The number of H-pyrrole nitrogens is 1. The molecule has 0 radical (unpaired) electrons. The maximum Gasteiger partial charge on any atom is 0.178 e. The molecule has 21 heavy (non-hydrogen) atoms. The SMILES string of the molecule is CCc1nn(C)cc1Cn1c(=S)[nH]c2cc(Br)c(F)cc21. The number of fused-ring (bicyclic) bond motifs is 1. The molecule has 0 atom stereocenters. The Morgan fingerprint density at radius 2 is 2.19 bits per heavy atom. The summed E-state index contributed by atoms with van der Waals surface area (Å²) in [7, 11) is 1.90. The zero-order valence-electron chi connectivity index (χ0n) is 11.7. The maximum absolute atomic E-state index is 13.8. The lowest BCUT2D eigenvalue weighted by Crippen LogP contribution is -2.01. The highest BCUT2D eigenvalue weighted by atomic mass is 79.9. The van der Waals surface area contributed by atoms with Crippen LogP contribution < -0.4 is 0 Å². The van der Waals surface area contributed by atoms with Crippen molar-refractivity contribution in [1.82, 2.24) is 19.3 Å². The Hall–Kier alpha value is -1.47. The van der Waals surface area contributed by atoms with Gasteiger partial charge in [-0.3, -0.25) is 4.68 Å². The Morgan fingerprint density at radius 3 is 2.90 bits per heavy atom. The highest BCUT2D eigenvalue weighted by Gasteiger charge is 2.12. The van der Waals surface area contributed by atoms with Crippen LogP contribution >= 0.6 is 28.1 Å². The van der Waals surface area contributed by atoms with Gasteiger partial charge in [0.25, 0.3) is 0 Å². The Bertz CT molecular complexity index is 877. The van der Waals surface area contributed by atoms with E-state index in [9.17, 15) is 4.39 Å². The third-order valence-electron chi connectivity index (χ3n) is 3.47. The van der Waals surface area contributed by atoms with E-state index in [1.807, 2.05) is 17.8 Å². The minimum Gasteiger partial charge on any atom is -0.331 e. The quantitative estimate of drug-likeness (QED) is 0.711. The largest absolute Gasteiger partial charge is 0.331 e. The van der Waals surface area contributed by atoms with Gasteiger partial charge >= 0.3 is 0 Å². The maximum atomic E-state index is 13.8. The number of benzene rings is 1. The lowest BCUT2D eigenvalue weighted by atomic mass is 10.2. The molecule has 1 N–H and O–H groups in total. The topological polar surface area (TPSA) is 38.5 Å². The monoisotopic (exact) mass is 368 g/mol. The fraction of sp³-hybridized carbons (Fsp3) is 0.286. The van der Waals surface area contributed by atoms with Gasteiger partial charge in [-0.05, 0) is 40.6 Å². The molecule has 0 amide bonds. The fourth-order valence-corrected chi connectivity index (χ4v) is 3.11. The Labute approximate surface area is 134 Å². The molecule has 0 unspecified atom stereocenters. The molecular weight excluding hydrogens is 355 g/mol. The summed E-state index contributed by atoms with van der Waals surface area (Å²) in [6, 6.07) is 3.20. The predicted molar refractivity (Wildman–Crippen MR) is 86.5 cm³/mol. The molecule has 0 aliphatic rings. The zero-order chi connectivity index (χ0) is 15.1. The molecule has 3 aromatic rings. The Kier molecular flexibility index (Phi) is 3.71. The van der Waals surface area contributed by atoms with Gasteiger partial charge in [-0.25, -0.2) is 4.39 Å². The van der Waals surface area contributed by atoms with Gasteiger partial charge in [0.1, 0.15) is 5.82 Å². The second-order valence-corrected chi connectivity index (χ2v) is 6.17. The van der Waals surface area contributed by atoms with Crippen LogP contribution in [0.5, 0.6) is 0 Å². The predicted octanol–water partition coefficient (Wildman–Crippen LogP) is 3.94. The van der Waals surface area contributed by atoms with Crippen LogP contribution in [0.25, 0.3) is 11.0 Å². The average Bonchev–Trinajstić information content (AvgIpc) is 2.93. The first-order valence-electron chi connectivity index (χ1n) is 6.58. The second kappa shape index (κ2) is 5.38. The molecule has 2 heterocycles. The van der Waals surface area contributed by atoms with E-state index in [2.05, 4.69) is 32.9 Å². The van der Waals surface area contributed by atoms with Crippen molar-refractivity contribution in [3.05, 3.63) is 44.6 Å². The molecule has 7 heteroatoms. The molecule has 0 spiro atoms. The third kappa shape index (κ3) is 2.55. The van der Waals surface area contributed by atoms with Crippen molar-refractivity contribution in [3.8, 4) is 0 Å². The number of rotatable bonds is 3. The molecular formula is C14H14BrFN4S. The number of hydrogen-bond donors (Lipinski definition) is 1. The highest BCUT2D eigenvalue weighted by Crippen LogP contribution is 2.24.